The fraction of sp³-hybridized carbons (Fsp3) is 0.438. The van der Waals surface area contributed by atoms with Crippen molar-refractivity contribution in [2.24, 2.45) is 5.92 Å². The lowest BCUT2D eigenvalue weighted by atomic mass is 9.95. The van der Waals surface area contributed by atoms with Gasteiger partial charge in [0.2, 0.25) is 5.91 Å². The first-order chi connectivity index (χ1) is 9.73. The van der Waals surface area contributed by atoms with Gasteiger partial charge in [0.25, 0.3) is 0 Å². The third kappa shape index (κ3) is 4.41. The number of rotatable bonds is 6. The van der Waals surface area contributed by atoms with Gasteiger partial charge in [-0.2, -0.15) is 0 Å². The van der Waals surface area contributed by atoms with Crippen LogP contribution in [0.25, 0.3) is 0 Å². The number of nitrogens with one attached hydrogen (secondary N) is 1. The molecular weight excluding hydrogens is 270 g/mol. The Bertz CT molecular complexity index is 534. The average molecular weight is 291 g/mol. The van der Waals surface area contributed by atoms with E-state index in [4.69, 9.17) is 5.11 Å². The molecule has 114 valence electrons. The smallest absolute Gasteiger partial charge is 0.325 e. The maximum Gasteiger partial charge on any atom is 0.325 e. The van der Waals surface area contributed by atoms with Crippen LogP contribution in [0.3, 0.4) is 0 Å². The van der Waals surface area contributed by atoms with Gasteiger partial charge >= 0.3 is 5.97 Å². The first kappa shape index (κ1) is 16.9. The summed E-state index contributed by atoms with van der Waals surface area (Å²) < 4.78 is 0. The van der Waals surface area contributed by atoms with E-state index < -0.39 is 17.9 Å². The van der Waals surface area contributed by atoms with Gasteiger partial charge in [-0.05, 0) is 19.4 Å². The number of aliphatic carboxylic acids is 1. The molecule has 5 heteroatoms. The van der Waals surface area contributed by atoms with Crippen molar-refractivity contribution in [3.8, 4) is 0 Å². The van der Waals surface area contributed by atoms with Gasteiger partial charge in [0.1, 0.15) is 6.04 Å². The lowest BCUT2D eigenvalue weighted by Crippen LogP contribution is -2.40. The molecule has 0 spiro atoms. The summed E-state index contributed by atoms with van der Waals surface area (Å²) in [6, 6.07) is 5.92. The average Bonchev–Trinajstić information content (AvgIpc) is 2.45. The fourth-order valence-corrected chi connectivity index (χ4v) is 1.82. The molecule has 0 saturated heterocycles. The van der Waals surface area contributed by atoms with Gasteiger partial charge in [0, 0.05) is 11.5 Å². The van der Waals surface area contributed by atoms with Crippen LogP contribution in [-0.4, -0.2) is 28.8 Å². The van der Waals surface area contributed by atoms with Crippen molar-refractivity contribution in [2.45, 2.75) is 39.7 Å². The minimum absolute atomic E-state index is 0.0538. The number of carbonyl (C=O) groups excluding carboxylic acids is 2. The van der Waals surface area contributed by atoms with Gasteiger partial charge in [-0.15, -0.1) is 0 Å². The molecule has 2 atom stereocenters. The van der Waals surface area contributed by atoms with E-state index in [1.807, 2.05) is 13.8 Å². The van der Waals surface area contributed by atoms with Gasteiger partial charge in [0.15, 0.2) is 5.78 Å². The Morgan fingerprint density at radius 2 is 1.52 bits per heavy atom. The molecule has 0 aliphatic rings. The second kappa shape index (κ2) is 7.02. The van der Waals surface area contributed by atoms with Gasteiger partial charge < -0.3 is 10.4 Å². The molecule has 0 aliphatic heterocycles. The zero-order valence-electron chi connectivity index (χ0n) is 12.7. The van der Waals surface area contributed by atoms with Crippen LogP contribution in [0.1, 0.15) is 49.5 Å². The molecule has 0 fully saturated rings. The molecule has 1 aromatic rings. The zero-order valence-corrected chi connectivity index (χ0v) is 12.7. The first-order valence-corrected chi connectivity index (χ1v) is 6.91. The molecule has 0 radical (unpaired) electrons. The van der Waals surface area contributed by atoms with Crippen molar-refractivity contribution in [3.63, 3.8) is 0 Å². The van der Waals surface area contributed by atoms with Crippen LogP contribution >= 0.6 is 0 Å². The molecule has 5 nitrogen and oxygen atoms in total. The lowest BCUT2D eigenvalue weighted by Gasteiger charge is -2.15. The van der Waals surface area contributed by atoms with E-state index in [0.29, 0.717) is 5.56 Å². The Kier molecular flexibility index (Phi) is 5.64. The van der Waals surface area contributed by atoms with Crippen molar-refractivity contribution < 1.29 is 19.5 Å². The SMILES string of the molecule is CC(C)C(=O)c1ccc(C(C)C(=O)N[C@@H](C)C(=O)O)cc1. The Morgan fingerprint density at radius 3 is 1.95 bits per heavy atom. The predicted octanol–water partition coefficient (Wildman–Crippen LogP) is 2.22. The number of carbonyl (C=O) groups is 3. The maximum atomic E-state index is 11.9. The number of carboxylic acids is 1. The summed E-state index contributed by atoms with van der Waals surface area (Å²) in [6.45, 7) is 6.78. The molecule has 1 aromatic carbocycles. The lowest BCUT2D eigenvalue weighted by molar-refractivity contribution is -0.141. The molecule has 0 saturated carbocycles. The molecule has 0 aromatic heterocycles. The van der Waals surface area contributed by atoms with E-state index in [0.717, 1.165) is 5.56 Å². The van der Waals surface area contributed by atoms with Gasteiger partial charge in [-0.25, -0.2) is 0 Å². The van der Waals surface area contributed by atoms with Gasteiger partial charge in [0.05, 0.1) is 5.92 Å². The number of ketones is 1. The van der Waals surface area contributed by atoms with Crippen LogP contribution in [0.5, 0.6) is 0 Å². The highest BCUT2D eigenvalue weighted by atomic mass is 16.4. The predicted molar refractivity (Wildman–Crippen MR) is 79.3 cm³/mol. The van der Waals surface area contributed by atoms with E-state index in [1.54, 1.807) is 31.2 Å². The second-order valence-electron chi connectivity index (χ2n) is 5.43. The summed E-state index contributed by atoms with van der Waals surface area (Å²) in [5.41, 5.74) is 1.35. The van der Waals surface area contributed by atoms with Crippen LogP contribution in [0, 0.1) is 5.92 Å². The molecule has 21 heavy (non-hydrogen) atoms. The molecule has 2 N–H and O–H groups in total. The highest BCUT2D eigenvalue weighted by Crippen LogP contribution is 2.18. The normalized spacial score (nSPS) is 13.6. The highest BCUT2D eigenvalue weighted by molar-refractivity contribution is 5.97. The van der Waals surface area contributed by atoms with Crippen LogP contribution in [0.2, 0.25) is 0 Å². The number of hydrogen-bond donors (Lipinski definition) is 2. The standard InChI is InChI=1S/C16H21NO4/c1-9(2)14(18)13-7-5-12(6-8-13)10(3)15(19)17-11(4)16(20)21/h5-11H,1-4H3,(H,17,19)(H,20,21)/t10?,11-/m0/s1. The topological polar surface area (TPSA) is 83.5 Å². The quantitative estimate of drug-likeness (QED) is 0.787. The molecule has 1 rings (SSSR count). The summed E-state index contributed by atoms with van der Waals surface area (Å²) >= 11 is 0. The van der Waals surface area contributed by atoms with Crippen LogP contribution in [0.4, 0.5) is 0 Å². The van der Waals surface area contributed by atoms with Crippen LogP contribution in [0.15, 0.2) is 24.3 Å². The number of hydrogen-bond acceptors (Lipinski definition) is 3. The largest absolute Gasteiger partial charge is 0.480 e. The third-order valence-corrected chi connectivity index (χ3v) is 3.34. The van der Waals surface area contributed by atoms with E-state index in [1.165, 1.54) is 6.92 Å². The van der Waals surface area contributed by atoms with Crippen molar-refractivity contribution in [2.75, 3.05) is 0 Å². The summed E-state index contributed by atoms with van der Waals surface area (Å²) in [6.07, 6.45) is 0. The monoisotopic (exact) mass is 291 g/mol. The number of benzene rings is 1. The summed E-state index contributed by atoms with van der Waals surface area (Å²) in [5, 5.41) is 11.2. The van der Waals surface area contributed by atoms with E-state index in [9.17, 15) is 14.4 Å². The Hall–Kier alpha value is -2.17. The molecule has 0 aliphatic carbocycles. The molecule has 1 unspecified atom stereocenters. The summed E-state index contributed by atoms with van der Waals surface area (Å²) in [4.78, 5) is 34.5. The van der Waals surface area contributed by atoms with Crippen LogP contribution in [-0.2, 0) is 9.59 Å². The van der Waals surface area contributed by atoms with Crippen molar-refractivity contribution in [3.05, 3.63) is 35.4 Å². The van der Waals surface area contributed by atoms with Crippen molar-refractivity contribution in [1.29, 1.82) is 0 Å². The Morgan fingerprint density at radius 1 is 1.00 bits per heavy atom. The summed E-state index contributed by atoms with van der Waals surface area (Å²) in [5.74, 6) is -1.93. The van der Waals surface area contributed by atoms with E-state index in [2.05, 4.69) is 5.32 Å². The highest BCUT2D eigenvalue weighted by Gasteiger charge is 2.20. The molecule has 0 heterocycles. The zero-order chi connectivity index (χ0) is 16.2. The van der Waals surface area contributed by atoms with E-state index >= 15 is 0 Å². The van der Waals surface area contributed by atoms with E-state index in [-0.39, 0.29) is 17.6 Å². The molecule has 0 bridgehead atoms. The Balaban J connectivity index is 2.79. The van der Waals surface area contributed by atoms with Gasteiger partial charge in [-0.3, -0.25) is 14.4 Å². The number of carboxylic acid groups (broad SMARTS) is 1. The summed E-state index contributed by atoms with van der Waals surface area (Å²) in [7, 11) is 0. The first-order valence-electron chi connectivity index (χ1n) is 6.91. The van der Waals surface area contributed by atoms with Gasteiger partial charge in [-0.1, -0.05) is 38.1 Å². The second-order valence-corrected chi connectivity index (χ2v) is 5.43. The minimum Gasteiger partial charge on any atom is -0.480 e. The molecule has 1 amide bonds. The van der Waals surface area contributed by atoms with Crippen LogP contribution < -0.4 is 5.32 Å². The number of amides is 1. The maximum absolute atomic E-state index is 11.9. The van der Waals surface area contributed by atoms with Crippen molar-refractivity contribution in [1.82, 2.24) is 5.32 Å². The third-order valence-electron chi connectivity index (χ3n) is 3.34. The number of Topliss-reactive ketones (excluding diaryl/α,β-unsaturated/α-hetero) is 1. The Labute approximate surface area is 124 Å². The minimum atomic E-state index is -1.08. The van der Waals surface area contributed by atoms with Crippen molar-refractivity contribution >= 4 is 17.7 Å². The molecular formula is C16H21NO4. The fourth-order valence-electron chi connectivity index (χ4n) is 1.82.